The van der Waals surface area contributed by atoms with Crippen molar-refractivity contribution in [3.63, 3.8) is 0 Å². The zero-order chi connectivity index (χ0) is 16.6. The first kappa shape index (κ1) is 15.6. The molecule has 0 spiro atoms. The van der Waals surface area contributed by atoms with E-state index in [1.165, 1.54) is 0 Å². The topological polar surface area (TPSA) is 54.3 Å². The minimum atomic E-state index is 0.0259. The molecule has 2 aromatic rings. The first-order chi connectivity index (χ1) is 11.0. The lowest BCUT2D eigenvalue weighted by Gasteiger charge is -2.29. The number of hydrogen-bond donors (Lipinski definition) is 1. The summed E-state index contributed by atoms with van der Waals surface area (Å²) in [6.07, 6.45) is 3.25. The predicted molar refractivity (Wildman–Crippen MR) is 90.3 cm³/mol. The van der Waals surface area contributed by atoms with Crippen LogP contribution < -0.4 is 5.32 Å². The molecule has 1 saturated heterocycles. The summed E-state index contributed by atoms with van der Waals surface area (Å²) in [5.74, 6) is 0.106. The molecule has 23 heavy (non-hydrogen) atoms. The highest BCUT2D eigenvalue weighted by molar-refractivity contribution is 6.07. The van der Waals surface area contributed by atoms with Gasteiger partial charge in [0.2, 0.25) is 5.91 Å². The van der Waals surface area contributed by atoms with Crippen molar-refractivity contribution in [2.75, 3.05) is 6.54 Å². The standard InChI is InChI=1S/C18H23N3O2/c1-12(2)21(10-13-8-9-17(22)19-13)18(23)15-11-20(3)16-7-5-4-6-14(15)16/h4-7,11-13H,8-10H2,1-3H3,(H,19,22)/t13-/m1/s1. The lowest BCUT2D eigenvalue weighted by Crippen LogP contribution is -2.45. The number of hydrogen-bond acceptors (Lipinski definition) is 2. The van der Waals surface area contributed by atoms with Crippen LogP contribution in [0, 0.1) is 0 Å². The first-order valence-electron chi connectivity index (χ1n) is 8.11. The molecule has 1 aliphatic heterocycles. The fourth-order valence-corrected chi connectivity index (χ4v) is 3.25. The van der Waals surface area contributed by atoms with Gasteiger partial charge in [-0.1, -0.05) is 18.2 Å². The van der Waals surface area contributed by atoms with Gasteiger partial charge in [-0.25, -0.2) is 0 Å². The van der Waals surface area contributed by atoms with Crippen LogP contribution >= 0.6 is 0 Å². The number of amides is 2. The van der Waals surface area contributed by atoms with Crippen LogP contribution in [0.4, 0.5) is 0 Å². The van der Waals surface area contributed by atoms with Crippen molar-refractivity contribution in [3.8, 4) is 0 Å². The van der Waals surface area contributed by atoms with E-state index in [-0.39, 0.29) is 23.9 Å². The van der Waals surface area contributed by atoms with Crippen LogP contribution in [0.5, 0.6) is 0 Å². The second-order valence-corrected chi connectivity index (χ2v) is 6.53. The number of rotatable bonds is 4. The van der Waals surface area contributed by atoms with Crippen LogP contribution in [-0.2, 0) is 11.8 Å². The van der Waals surface area contributed by atoms with Gasteiger partial charge in [0.1, 0.15) is 0 Å². The molecular weight excluding hydrogens is 290 g/mol. The van der Waals surface area contributed by atoms with Gasteiger partial charge in [0.25, 0.3) is 5.91 Å². The third kappa shape index (κ3) is 2.96. The van der Waals surface area contributed by atoms with E-state index < -0.39 is 0 Å². The Labute approximate surface area is 136 Å². The van der Waals surface area contributed by atoms with Crippen molar-refractivity contribution in [2.24, 2.45) is 7.05 Å². The molecule has 1 atom stereocenters. The maximum absolute atomic E-state index is 13.1. The number of para-hydroxylation sites is 1. The molecule has 1 N–H and O–H groups in total. The number of carbonyl (C=O) groups excluding carboxylic acids is 2. The van der Waals surface area contributed by atoms with Crippen LogP contribution in [-0.4, -0.2) is 39.9 Å². The average molecular weight is 313 g/mol. The van der Waals surface area contributed by atoms with Crippen molar-refractivity contribution in [1.82, 2.24) is 14.8 Å². The number of aromatic nitrogens is 1. The molecule has 1 aliphatic rings. The fraction of sp³-hybridized carbons (Fsp3) is 0.444. The molecule has 0 bridgehead atoms. The smallest absolute Gasteiger partial charge is 0.256 e. The summed E-state index contributed by atoms with van der Waals surface area (Å²) in [4.78, 5) is 26.3. The van der Waals surface area contributed by atoms with E-state index in [1.54, 1.807) is 0 Å². The lowest BCUT2D eigenvalue weighted by atomic mass is 10.1. The maximum atomic E-state index is 13.1. The number of fused-ring (bicyclic) bond motifs is 1. The van der Waals surface area contributed by atoms with Crippen molar-refractivity contribution in [2.45, 2.75) is 38.8 Å². The Balaban J connectivity index is 1.89. The van der Waals surface area contributed by atoms with Gasteiger partial charge in [0, 0.05) is 49.2 Å². The van der Waals surface area contributed by atoms with Crippen LogP contribution in [0.25, 0.3) is 10.9 Å². The second-order valence-electron chi connectivity index (χ2n) is 6.53. The molecule has 1 fully saturated rings. The molecule has 0 saturated carbocycles. The van der Waals surface area contributed by atoms with E-state index in [0.717, 1.165) is 22.9 Å². The summed E-state index contributed by atoms with van der Waals surface area (Å²) in [6, 6.07) is 8.07. The zero-order valence-corrected chi connectivity index (χ0v) is 13.9. The number of nitrogens with zero attached hydrogens (tertiary/aromatic N) is 2. The summed E-state index contributed by atoms with van der Waals surface area (Å²) in [7, 11) is 1.95. The van der Waals surface area contributed by atoms with Gasteiger partial charge in [-0.3, -0.25) is 9.59 Å². The van der Waals surface area contributed by atoms with E-state index in [9.17, 15) is 9.59 Å². The molecule has 0 aliphatic carbocycles. The van der Waals surface area contributed by atoms with Gasteiger partial charge in [-0.15, -0.1) is 0 Å². The first-order valence-corrected chi connectivity index (χ1v) is 8.11. The van der Waals surface area contributed by atoms with Gasteiger partial charge >= 0.3 is 0 Å². The van der Waals surface area contributed by atoms with Gasteiger partial charge in [0.05, 0.1) is 5.56 Å². The Hall–Kier alpha value is -2.30. The van der Waals surface area contributed by atoms with Gasteiger partial charge in [-0.2, -0.15) is 0 Å². The molecule has 2 amide bonds. The Morgan fingerprint density at radius 3 is 2.78 bits per heavy atom. The van der Waals surface area contributed by atoms with Crippen LogP contribution in [0.3, 0.4) is 0 Å². The van der Waals surface area contributed by atoms with Crippen molar-refractivity contribution >= 4 is 22.7 Å². The normalized spacial score (nSPS) is 17.7. The summed E-state index contributed by atoms with van der Waals surface area (Å²) in [5.41, 5.74) is 1.77. The van der Waals surface area contributed by atoms with Crippen molar-refractivity contribution in [3.05, 3.63) is 36.0 Å². The monoisotopic (exact) mass is 313 g/mol. The van der Waals surface area contributed by atoms with E-state index in [1.807, 2.05) is 60.8 Å². The lowest BCUT2D eigenvalue weighted by molar-refractivity contribution is -0.119. The maximum Gasteiger partial charge on any atom is 0.256 e. The highest BCUT2D eigenvalue weighted by atomic mass is 16.2. The largest absolute Gasteiger partial charge is 0.352 e. The molecule has 1 aromatic carbocycles. The summed E-state index contributed by atoms with van der Waals surface area (Å²) in [5, 5.41) is 3.92. The predicted octanol–water partition coefficient (Wildman–Crippen LogP) is 2.31. The molecule has 0 radical (unpaired) electrons. The molecule has 122 valence electrons. The third-order valence-corrected chi connectivity index (χ3v) is 4.51. The van der Waals surface area contributed by atoms with Crippen LogP contribution in [0.15, 0.2) is 30.5 Å². The Morgan fingerprint density at radius 2 is 2.13 bits per heavy atom. The van der Waals surface area contributed by atoms with E-state index in [4.69, 9.17) is 0 Å². The quantitative estimate of drug-likeness (QED) is 0.942. The molecular formula is C18H23N3O2. The van der Waals surface area contributed by atoms with Crippen LogP contribution in [0.1, 0.15) is 37.0 Å². The van der Waals surface area contributed by atoms with Gasteiger partial charge < -0.3 is 14.8 Å². The second kappa shape index (κ2) is 6.07. The van der Waals surface area contributed by atoms with Crippen LogP contribution in [0.2, 0.25) is 0 Å². The van der Waals surface area contributed by atoms with Crippen molar-refractivity contribution in [1.29, 1.82) is 0 Å². The average Bonchev–Trinajstić information content (AvgIpc) is 3.08. The van der Waals surface area contributed by atoms with Gasteiger partial charge in [-0.05, 0) is 26.3 Å². The summed E-state index contributed by atoms with van der Waals surface area (Å²) >= 11 is 0. The Morgan fingerprint density at radius 1 is 1.39 bits per heavy atom. The molecule has 0 unspecified atom stereocenters. The Kier molecular flexibility index (Phi) is 4.11. The third-order valence-electron chi connectivity index (χ3n) is 4.51. The van der Waals surface area contributed by atoms with E-state index >= 15 is 0 Å². The molecule has 1 aromatic heterocycles. The van der Waals surface area contributed by atoms with E-state index in [0.29, 0.717) is 13.0 Å². The molecule has 3 rings (SSSR count). The highest BCUT2D eigenvalue weighted by Gasteiger charge is 2.28. The minimum Gasteiger partial charge on any atom is -0.352 e. The minimum absolute atomic E-state index is 0.0259. The number of aryl methyl sites for hydroxylation is 1. The highest BCUT2D eigenvalue weighted by Crippen LogP contribution is 2.23. The zero-order valence-electron chi connectivity index (χ0n) is 13.9. The van der Waals surface area contributed by atoms with E-state index in [2.05, 4.69) is 5.32 Å². The van der Waals surface area contributed by atoms with Crippen molar-refractivity contribution < 1.29 is 9.59 Å². The molecule has 2 heterocycles. The summed E-state index contributed by atoms with van der Waals surface area (Å²) in [6.45, 7) is 4.59. The number of benzene rings is 1. The molecule has 5 nitrogen and oxygen atoms in total. The fourth-order valence-electron chi connectivity index (χ4n) is 3.25. The number of nitrogens with one attached hydrogen (secondary N) is 1. The molecule has 5 heteroatoms. The Bertz CT molecular complexity index is 748. The van der Waals surface area contributed by atoms with Gasteiger partial charge in [0.15, 0.2) is 0 Å². The number of carbonyl (C=O) groups is 2. The summed E-state index contributed by atoms with van der Waals surface area (Å²) < 4.78 is 1.98. The SMILES string of the molecule is CC(C)N(C[C@H]1CCC(=O)N1)C(=O)c1cn(C)c2ccccc12.